The molecule has 9 heteroatoms. The molecule has 2 saturated heterocycles. The molecule has 0 atom stereocenters. The maximum absolute atomic E-state index is 13.1. The Morgan fingerprint density at radius 2 is 1.78 bits per heavy atom. The lowest BCUT2D eigenvalue weighted by Gasteiger charge is -2.34. The fraction of sp³-hybridized carbons (Fsp3) is 0.478. The molecule has 0 unspecified atom stereocenters. The molecule has 0 N–H and O–H groups in total. The predicted molar refractivity (Wildman–Crippen MR) is 125 cm³/mol. The smallest absolute Gasteiger partial charge is 0.288 e. The monoisotopic (exact) mass is 452 g/mol. The van der Waals surface area contributed by atoms with Gasteiger partial charge in [0.05, 0.1) is 0 Å². The number of hydrogen-bond acceptors (Lipinski definition) is 7. The Bertz CT molecular complexity index is 1140. The van der Waals surface area contributed by atoms with Crippen LogP contribution in [0.25, 0.3) is 4.96 Å². The Kier molecular flexibility index (Phi) is 5.93. The third kappa shape index (κ3) is 4.27. The van der Waals surface area contributed by atoms with Crippen LogP contribution in [-0.2, 0) is 6.54 Å². The first-order valence-corrected chi connectivity index (χ1v) is 12.1. The van der Waals surface area contributed by atoms with Crippen LogP contribution in [0.1, 0.15) is 35.7 Å². The standard InChI is InChI=1S/C23H28N6O2S/c1-17-7-9-28(10-8-17)23-25-29-21(31)19(15-24-22(29)32-23)20(30)27-13-11-26(12-14-27)16-18-5-3-2-4-6-18/h2-6,15,17H,7-14,16H2,1H3. The van der Waals surface area contributed by atoms with E-state index in [0.717, 1.165) is 56.6 Å². The molecule has 0 bridgehead atoms. The first-order chi connectivity index (χ1) is 15.6. The van der Waals surface area contributed by atoms with Crippen LogP contribution in [0.4, 0.5) is 5.13 Å². The van der Waals surface area contributed by atoms with Crippen molar-refractivity contribution in [3.63, 3.8) is 0 Å². The van der Waals surface area contributed by atoms with Crippen LogP contribution in [0.3, 0.4) is 0 Å². The summed E-state index contributed by atoms with van der Waals surface area (Å²) in [5.41, 5.74) is 0.991. The lowest BCUT2D eigenvalue weighted by molar-refractivity contribution is 0.0626. The minimum absolute atomic E-state index is 0.100. The van der Waals surface area contributed by atoms with Gasteiger partial charge in [-0.15, -0.1) is 5.10 Å². The number of nitrogens with zero attached hydrogens (tertiary/aromatic N) is 6. The number of rotatable bonds is 4. The lowest BCUT2D eigenvalue weighted by Crippen LogP contribution is -2.49. The number of benzene rings is 1. The summed E-state index contributed by atoms with van der Waals surface area (Å²) >= 11 is 1.41. The van der Waals surface area contributed by atoms with E-state index in [0.29, 0.717) is 18.1 Å². The van der Waals surface area contributed by atoms with Crippen molar-refractivity contribution in [2.45, 2.75) is 26.3 Å². The molecule has 0 aliphatic carbocycles. The summed E-state index contributed by atoms with van der Waals surface area (Å²) in [6.45, 7) is 7.78. The number of anilines is 1. The van der Waals surface area contributed by atoms with Gasteiger partial charge in [0.1, 0.15) is 5.56 Å². The van der Waals surface area contributed by atoms with E-state index in [4.69, 9.17) is 0 Å². The minimum atomic E-state index is -0.375. The molecule has 2 aliphatic heterocycles. The van der Waals surface area contributed by atoms with Crippen LogP contribution in [0.15, 0.2) is 41.3 Å². The van der Waals surface area contributed by atoms with Crippen molar-refractivity contribution < 1.29 is 4.79 Å². The molecule has 1 aromatic carbocycles. The van der Waals surface area contributed by atoms with Crippen molar-refractivity contribution in [3.05, 3.63) is 58.0 Å². The molecule has 32 heavy (non-hydrogen) atoms. The Balaban J connectivity index is 1.28. The van der Waals surface area contributed by atoms with E-state index in [-0.39, 0.29) is 17.0 Å². The highest BCUT2D eigenvalue weighted by Crippen LogP contribution is 2.26. The van der Waals surface area contributed by atoms with E-state index in [1.54, 1.807) is 4.90 Å². The highest BCUT2D eigenvalue weighted by Gasteiger charge is 2.26. The Hall–Kier alpha value is -2.78. The largest absolute Gasteiger partial charge is 0.347 e. The summed E-state index contributed by atoms with van der Waals surface area (Å²) in [7, 11) is 0. The van der Waals surface area contributed by atoms with Crippen LogP contribution in [0.5, 0.6) is 0 Å². The number of hydrogen-bond donors (Lipinski definition) is 0. The number of amides is 1. The third-order valence-corrected chi connectivity index (χ3v) is 7.45. The van der Waals surface area contributed by atoms with Gasteiger partial charge in [0.15, 0.2) is 0 Å². The fourth-order valence-corrected chi connectivity index (χ4v) is 5.28. The van der Waals surface area contributed by atoms with Gasteiger partial charge in [0.2, 0.25) is 10.1 Å². The van der Waals surface area contributed by atoms with Crippen molar-refractivity contribution in [2.24, 2.45) is 5.92 Å². The minimum Gasteiger partial charge on any atom is -0.347 e. The van der Waals surface area contributed by atoms with E-state index >= 15 is 0 Å². The van der Waals surface area contributed by atoms with Crippen LogP contribution < -0.4 is 10.5 Å². The average Bonchev–Trinajstić information content (AvgIpc) is 3.26. The zero-order chi connectivity index (χ0) is 22.1. The van der Waals surface area contributed by atoms with Gasteiger partial charge in [0, 0.05) is 52.0 Å². The van der Waals surface area contributed by atoms with Gasteiger partial charge in [-0.2, -0.15) is 4.52 Å². The van der Waals surface area contributed by atoms with Gasteiger partial charge in [-0.25, -0.2) is 4.98 Å². The molecule has 0 saturated carbocycles. The molecule has 0 spiro atoms. The number of piperidine rings is 1. The van der Waals surface area contributed by atoms with Gasteiger partial charge in [0.25, 0.3) is 11.5 Å². The van der Waals surface area contributed by atoms with Gasteiger partial charge in [-0.3, -0.25) is 14.5 Å². The fourth-order valence-electron chi connectivity index (χ4n) is 4.37. The molecular formula is C23H28N6O2S. The summed E-state index contributed by atoms with van der Waals surface area (Å²) in [5.74, 6) is 0.469. The lowest BCUT2D eigenvalue weighted by atomic mass is 10.00. The molecule has 0 radical (unpaired) electrons. The number of piperazine rings is 1. The summed E-state index contributed by atoms with van der Waals surface area (Å²) < 4.78 is 1.30. The topological polar surface area (TPSA) is 74.1 Å². The van der Waals surface area contributed by atoms with Crippen molar-refractivity contribution in [1.29, 1.82) is 0 Å². The summed E-state index contributed by atoms with van der Waals surface area (Å²) in [6, 6.07) is 10.3. The Labute approximate surface area is 191 Å². The number of fused-ring (bicyclic) bond motifs is 1. The zero-order valence-electron chi connectivity index (χ0n) is 18.3. The van der Waals surface area contributed by atoms with Crippen molar-refractivity contribution >= 4 is 27.3 Å². The van der Waals surface area contributed by atoms with E-state index < -0.39 is 0 Å². The van der Waals surface area contributed by atoms with Crippen LogP contribution in [-0.4, -0.2) is 69.6 Å². The molecule has 168 valence electrons. The highest BCUT2D eigenvalue weighted by atomic mass is 32.1. The van der Waals surface area contributed by atoms with Crippen molar-refractivity contribution in [3.8, 4) is 0 Å². The SMILES string of the molecule is CC1CCN(c2nn3c(=O)c(C(=O)N4CCN(Cc5ccccc5)CC4)cnc3s2)CC1. The van der Waals surface area contributed by atoms with E-state index in [1.165, 1.54) is 27.6 Å². The summed E-state index contributed by atoms with van der Waals surface area (Å²) in [4.78, 5) is 37.4. The van der Waals surface area contributed by atoms with E-state index in [1.807, 2.05) is 18.2 Å². The maximum atomic E-state index is 13.1. The molecular weight excluding hydrogens is 424 g/mol. The van der Waals surface area contributed by atoms with Gasteiger partial charge >= 0.3 is 0 Å². The average molecular weight is 453 g/mol. The highest BCUT2D eigenvalue weighted by molar-refractivity contribution is 7.20. The molecule has 3 aromatic rings. The van der Waals surface area contributed by atoms with Gasteiger partial charge < -0.3 is 9.80 Å². The molecule has 2 aromatic heterocycles. The number of aromatic nitrogens is 3. The van der Waals surface area contributed by atoms with Gasteiger partial charge in [-0.05, 0) is 24.3 Å². The van der Waals surface area contributed by atoms with Crippen LogP contribution >= 0.6 is 11.3 Å². The van der Waals surface area contributed by atoms with Gasteiger partial charge in [-0.1, -0.05) is 48.6 Å². The second-order valence-electron chi connectivity index (χ2n) is 8.78. The van der Waals surface area contributed by atoms with Crippen molar-refractivity contribution in [2.75, 3.05) is 44.2 Å². The maximum Gasteiger partial charge on any atom is 0.288 e. The Morgan fingerprint density at radius 3 is 2.50 bits per heavy atom. The second kappa shape index (κ2) is 8.99. The Morgan fingerprint density at radius 1 is 1.06 bits per heavy atom. The molecule has 2 fully saturated rings. The molecule has 5 rings (SSSR count). The first-order valence-electron chi connectivity index (χ1n) is 11.3. The van der Waals surface area contributed by atoms with Crippen LogP contribution in [0, 0.1) is 5.92 Å². The predicted octanol–water partition coefficient (Wildman–Crippen LogP) is 2.35. The molecule has 4 heterocycles. The first kappa shape index (κ1) is 21.1. The third-order valence-electron chi connectivity index (χ3n) is 6.47. The quantitative estimate of drug-likeness (QED) is 0.605. The summed E-state index contributed by atoms with van der Waals surface area (Å²) in [5, 5.41) is 5.32. The molecule has 1 amide bonds. The zero-order valence-corrected chi connectivity index (χ0v) is 19.1. The van der Waals surface area contributed by atoms with Crippen LogP contribution in [0.2, 0.25) is 0 Å². The number of carbonyl (C=O) groups excluding carboxylic acids is 1. The normalized spacial score (nSPS) is 18.4. The molecule has 8 nitrogen and oxygen atoms in total. The summed E-state index contributed by atoms with van der Waals surface area (Å²) in [6.07, 6.45) is 3.67. The van der Waals surface area contributed by atoms with E-state index in [9.17, 15) is 9.59 Å². The molecule has 2 aliphatic rings. The van der Waals surface area contributed by atoms with Crippen molar-refractivity contribution in [1.82, 2.24) is 24.4 Å². The number of carbonyl (C=O) groups is 1. The second-order valence-corrected chi connectivity index (χ2v) is 9.71. The van der Waals surface area contributed by atoms with E-state index in [2.05, 4.69) is 38.9 Å².